The maximum atomic E-state index is 2.48. The van der Waals surface area contributed by atoms with E-state index in [1.165, 1.54) is 55.8 Å². The van der Waals surface area contributed by atoms with Crippen molar-refractivity contribution in [1.29, 1.82) is 0 Å². The third kappa shape index (κ3) is 4.89. The summed E-state index contributed by atoms with van der Waals surface area (Å²) in [4.78, 5) is 4.87. The lowest BCUT2D eigenvalue weighted by atomic mass is 9.80. The molecule has 196 valence electrons. The Morgan fingerprint density at radius 1 is 0.649 bits per heavy atom. The fraction of sp³-hybridized carbons (Fsp3) is 0.412. The second kappa shape index (κ2) is 11.5. The van der Waals surface area contributed by atoms with E-state index in [2.05, 4.69) is 130 Å². The molecular formula is C34H45N3. The minimum atomic E-state index is 0.175. The second-order valence-electron chi connectivity index (χ2n) is 10.1. The molecule has 0 amide bonds. The Labute approximate surface area is 224 Å². The predicted molar refractivity (Wildman–Crippen MR) is 163 cm³/mol. The molecule has 3 heteroatoms. The number of aryl methyl sites for hydroxylation is 3. The van der Waals surface area contributed by atoms with E-state index in [1.807, 2.05) is 0 Å². The second-order valence-corrected chi connectivity index (χ2v) is 10.1. The van der Waals surface area contributed by atoms with Gasteiger partial charge in [0.1, 0.15) is 0 Å². The number of hydrogen-bond donors (Lipinski definition) is 0. The van der Waals surface area contributed by atoms with Crippen LogP contribution in [0.4, 0.5) is 11.4 Å². The highest BCUT2D eigenvalue weighted by atomic mass is 15.1. The normalized spacial score (nSPS) is 11.5. The maximum Gasteiger partial charge on any atom is 0.0485 e. The molecule has 0 radical (unpaired) electrons. The number of para-hydroxylation sites is 1. The number of rotatable bonds is 10. The summed E-state index contributed by atoms with van der Waals surface area (Å²) in [6.45, 7) is 23.2. The maximum absolute atomic E-state index is 2.48. The van der Waals surface area contributed by atoms with Crippen molar-refractivity contribution >= 4 is 22.3 Å². The monoisotopic (exact) mass is 495 g/mol. The molecule has 0 spiro atoms. The third-order valence-corrected chi connectivity index (χ3v) is 8.27. The van der Waals surface area contributed by atoms with Crippen LogP contribution in [0.5, 0.6) is 0 Å². The van der Waals surface area contributed by atoms with Crippen LogP contribution in [0.3, 0.4) is 0 Å². The van der Waals surface area contributed by atoms with Gasteiger partial charge in [-0.15, -0.1) is 0 Å². The molecule has 0 aliphatic carbocycles. The summed E-state index contributed by atoms with van der Waals surface area (Å²) in [5.41, 5.74) is 12.3. The van der Waals surface area contributed by atoms with Crippen molar-refractivity contribution in [2.75, 3.05) is 36.0 Å². The lowest BCUT2D eigenvalue weighted by Crippen LogP contribution is -2.22. The first-order valence-electron chi connectivity index (χ1n) is 14.2. The topological polar surface area (TPSA) is 11.4 Å². The molecule has 0 aliphatic rings. The minimum absolute atomic E-state index is 0.175. The van der Waals surface area contributed by atoms with Crippen molar-refractivity contribution in [2.24, 2.45) is 0 Å². The van der Waals surface area contributed by atoms with Crippen molar-refractivity contribution in [3.8, 4) is 0 Å². The van der Waals surface area contributed by atoms with Crippen LogP contribution in [0.2, 0.25) is 0 Å². The van der Waals surface area contributed by atoms with Gasteiger partial charge < -0.3 is 14.4 Å². The van der Waals surface area contributed by atoms with Gasteiger partial charge in [0.15, 0.2) is 0 Å². The number of anilines is 2. The molecule has 0 fully saturated rings. The molecule has 0 N–H and O–H groups in total. The molecule has 3 nitrogen and oxygen atoms in total. The van der Waals surface area contributed by atoms with E-state index in [9.17, 15) is 0 Å². The molecule has 1 aromatic heterocycles. The predicted octanol–water partition coefficient (Wildman–Crippen LogP) is 8.46. The molecule has 0 saturated heterocycles. The summed E-state index contributed by atoms with van der Waals surface area (Å²) < 4.78 is 2.48. The zero-order valence-electron chi connectivity index (χ0n) is 24.2. The Bertz CT molecular complexity index is 1290. The summed E-state index contributed by atoms with van der Waals surface area (Å²) in [6, 6.07) is 23.2. The van der Waals surface area contributed by atoms with Gasteiger partial charge in [0.05, 0.1) is 0 Å². The molecule has 4 aromatic rings. The molecule has 0 saturated carbocycles. The molecule has 0 unspecified atom stereocenters. The first-order valence-corrected chi connectivity index (χ1v) is 14.2. The summed E-state index contributed by atoms with van der Waals surface area (Å²) >= 11 is 0. The van der Waals surface area contributed by atoms with Gasteiger partial charge in [0, 0.05) is 66.6 Å². The SMILES string of the molecule is CCN(CC)c1ccc(C(c2ccc(N(CC)CC)cc2C)c2c(C)n(CC)c3ccccc23)c(C)c1. The fourth-order valence-electron chi connectivity index (χ4n) is 6.25. The highest BCUT2D eigenvalue weighted by Gasteiger charge is 2.27. The van der Waals surface area contributed by atoms with E-state index in [0.29, 0.717) is 0 Å². The van der Waals surface area contributed by atoms with Crippen molar-refractivity contribution in [3.05, 3.63) is 94.2 Å². The van der Waals surface area contributed by atoms with E-state index in [-0.39, 0.29) is 5.92 Å². The minimum Gasteiger partial charge on any atom is -0.372 e. The molecule has 4 rings (SSSR count). The number of aromatic nitrogens is 1. The Hall–Kier alpha value is -3.20. The summed E-state index contributed by atoms with van der Waals surface area (Å²) in [5, 5.41) is 1.37. The molecule has 0 bridgehead atoms. The zero-order valence-corrected chi connectivity index (χ0v) is 24.2. The van der Waals surface area contributed by atoms with E-state index in [0.717, 1.165) is 32.7 Å². The van der Waals surface area contributed by atoms with Crippen molar-refractivity contribution in [3.63, 3.8) is 0 Å². The Kier molecular flexibility index (Phi) is 8.32. The number of hydrogen-bond acceptors (Lipinski definition) is 2. The standard InChI is InChI=1S/C34H45N3/c1-9-35(10-2)27-18-20-29(24(6)22-27)34(30-21-19-28(23-25(30)7)36(11-3)12-4)33-26(8)37(13-5)32-17-15-14-16-31(32)33/h14-23,34H,9-13H2,1-8H3. The molecule has 3 aromatic carbocycles. The quantitative estimate of drug-likeness (QED) is 0.219. The van der Waals surface area contributed by atoms with E-state index in [1.54, 1.807) is 0 Å². The Balaban J connectivity index is 1.99. The van der Waals surface area contributed by atoms with Gasteiger partial charge in [-0.2, -0.15) is 0 Å². The average Bonchev–Trinajstić information content (AvgIpc) is 3.18. The van der Waals surface area contributed by atoms with Crippen molar-refractivity contribution in [1.82, 2.24) is 4.57 Å². The Morgan fingerprint density at radius 2 is 1.14 bits per heavy atom. The van der Waals surface area contributed by atoms with Gasteiger partial charge in [0.2, 0.25) is 0 Å². The van der Waals surface area contributed by atoms with Gasteiger partial charge in [-0.3, -0.25) is 0 Å². The van der Waals surface area contributed by atoms with Crippen LogP contribution in [0.15, 0.2) is 60.7 Å². The smallest absolute Gasteiger partial charge is 0.0485 e. The molecule has 1 heterocycles. The largest absolute Gasteiger partial charge is 0.372 e. The zero-order chi connectivity index (χ0) is 26.7. The van der Waals surface area contributed by atoms with Crippen molar-refractivity contribution in [2.45, 2.75) is 67.9 Å². The van der Waals surface area contributed by atoms with Crippen LogP contribution in [0.25, 0.3) is 10.9 Å². The number of fused-ring (bicyclic) bond motifs is 1. The molecule has 0 aliphatic heterocycles. The first kappa shape index (κ1) is 26.9. The van der Waals surface area contributed by atoms with Crippen LogP contribution in [-0.2, 0) is 6.54 Å². The average molecular weight is 496 g/mol. The van der Waals surface area contributed by atoms with E-state index in [4.69, 9.17) is 0 Å². The van der Waals surface area contributed by atoms with E-state index >= 15 is 0 Å². The molecular weight excluding hydrogens is 450 g/mol. The van der Waals surface area contributed by atoms with Crippen LogP contribution >= 0.6 is 0 Å². The van der Waals surface area contributed by atoms with Gasteiger partial charge >= 0.3 is 0 Å². The fourth-order valence-corrected chi connectivity index (χ4v) is 6.25. The highest BCUT2D eigenvalue weighted by Crippen LogP contribution is 2.43. The van der Waals surface area contributed by atoms with Crippen LogP contribution < -0.4 is 9.80 Å². The lowest BCUT2D eigenvalue weighted by Gasteiger charge is -2.28. The van der Waals surface area contributed by atoms with Gasteiger partial charge in [-0.25, -0.2) is 0 Å². The number of nitrogens with zero attached hydrogens (tertiary/aromatic N) is 3. The third-order valence-electron chi connectivity index (χ3n) is 8.27. The number of benzene rings is 3. The van der Waals surface area contributed by atoms with Gasteiger partial charge in [0.25, 0.3) is 0 Å². The molecule has 0 atom stereocenters. The summed E-state index contributed by atoms with van der Waals surface area (Å²) in [7, 11) is 0. The lowest BCUT2D eigenvalue weighted by molar-refractivity contribution is 0.757. The van der Waals surface area contributed by atoms with Crippen LogP contribution in [0, 0.1) is 20.8 Å². The summed E-state index contributed by atoms with van der Waals surface area (Å²) in [6.07, 6.45) is 0. The molecule has 37 heavy (non-hydrogen) atoms. The first-order chi connectivity index (χ1) is 17.9. The Morgan fingerprint density at radius 3 is 1.57 bits per heavy atom. The van der Waals surface area contributed by atoms with Crippen molar-refractivity contribution < 1.29 is 0 Å². The van der Waals surface area contributed by atoms with Crippen LogP contribution in [0.1, 0.15) is 74.0 Å². The van der Waals surface area contributed by atoms with Crippen LogP contribution in [-0.4, -0.2) is 30.7 Å². The van der Waals surface area contributed by atoms with E-state index < -0.39 is 0 Å². The summed E-state index contributed by atoms with van der Waals surface area (Å²) in [5.74, 6) is 0.175. The highest BCUT2D eigenvalue weighted by molar-refractivity contribution is 5.87. The van der Waals surface area contributed by atoms with Gasteiger partial charge in [-0.1, -0.05) is 30.3 Å². The van der Waals surface area contributed by atoms with Gasteiger partial charge in [-0.05, 0) is 114 Å².